The molecule has 1 atom stereocenters. The minimum atomic E-state index is -0.927. The average molecular weight is 455 g/mol. The molecule has 5 rings (SSSR count). The number of furan rings is 1. The Bertz CT molecular complexity index is 1010. The minimum absolute atomic E-state index is 0.0180. The van der Waals surface area contributed by atoms with Crippen molar-refractivity contribution >= 4 is 22.9 Å². The van der Waals surface area contributed by atoms with E-state index in [0.717, 1.165) is 62.2 Å². The fraction of sp³-hybridized carbons (Fsp3) is 0.692. The zero-order valence-electron chi connectivity index (χ0n) is 20.2. The highest BCUT2D eigenvalue weighted by atomic mass is 16.3. The van der Waals surface area contributed by atoms with Crippen LogP contribution in [0.2, 0.25) is 0 Å². The molecule has 0 bridgehead atoms. The van der Waals surface area contributed by atoms with Crippen LogP contribution >= 0.6 is 0 Å². The maximum Gasteiger partial charge on any atom is 0.271 e. The van der Waals surface area contributed by atoms with Gasteiger partial charge in [0.2, 0.25) is 5.91 Å². The molecule has 0 spiro atoms. The van der Waals surface area contributed by atoms with Crippen LogP contribution in [0.3, 0.4) is 0 Å². The molecule has 0 aromatic carbocycles. The van der Waals surface area contributed by atoms with Gasteiger partial charge in [0.05, 0.1) is 12.1 Å². The van der Waals surface area contributed by atoms with E-state index in [1.54, 1.807) is 0 Å². The number of nitrogens with zero attached hydrogens (tertiary/aromatic N) is 3. The predicted octanol–water partition coefficient (Wildman–Crippen LogP) is 4.08. The molecule has 2 aliphatic heterocycles. The first-order valence-electron chi connectivity index (χ1n) is 12.9. The van der Waals surface area contributed by atoms with E-state index < -0.39 is 5.54 Å². The number of carbonyl (C=O) groups excluding carboxylic acids is 2. The molecule has 2 fully saturated rings. The Labute approximate surface area is 196 Å². The maximum atomic E-state index is 13.9. The lowest BCUT2D eigenvalue weighted by Gasteiger charge is -2.45. The Morgan fingerprint density at radius 2 is 1.76 bits per heavy atom. The third-order valence-electron chi connectivity index (χ3n) is 8.01. The molecule has 1 aliphatic carbocycles. The van der Waals surface area contributed by atoms with Gasteiger partial charge in [0, 0.05) is 31.3 Å². The second-order valence-corrected chi connectivity index (χ2v) is 10.5. The monoisotopic (exact) mass is 454 g/mol. The molecular formula is C26H38N4O3. The summed E-state index contributed by atoms with van der Waals surface area (Å²) in [7, 11) is 0. The lowest BCUT2D eigenvalue weighted by atomic mass is 9.92. The van der Waals surface area contributed by atoms with Gasteiger partial charge in [-0.05, 0) is 52.6 Å². The maximum absolute atomic E-state index is 13.9. The molecular weight excluding hydrogens is 416 g/mol. The number of aryl methyl sites for hydroxylation is 1. The molecule has 180 valence electrons. The number of carbonyl (C=O) groups is 2. The topological polar surface area (TPSA) is 70.7 Å². The Hall–Kier alpha value is -2.28. The van der Waals surface area contributed by atoms with Gasteiger partial charge in [0.1, 0.15) is 17.0 Å². The summed E-state index contributed by atoms with van der Waals surface area (Å²) in [6, 6.07) is 4.02. The number of nitrogens with one attached hydrogen (secondary N) is 1. The summed E-state index contributed by atoms with van der Waals surface area (Å²) in [6.07, 6.45) is 10.6. The Morgan fingerprint density at radius 1 is 1.06 bits per heavy atom. The summed E-state index contributed by atoms with van der Waals surface area (Å²) in [4.78, 5) is 31.9. The minimum Gasteiger partial charge on any atom is -0.460 e. The smallest absolute Gasteiger partial charge is 0.271 e. The van der Waals surface area contributed by atoms with Gasteiger partial charge in [0.25, 0.3) is 5.91 Å². The standard InChI is InChI=1S/C26H38N4O3/c1-19-16-21-23(33-19)17-22-24(31)30(15-14-28-12-8-9-13-28)26(2,18-29(21)22)25(32)27-20-10-6-4-3-5-7-11-20/h16-17,20H,3-15,18H2,1-2H3,(H,27,32)/t26-/m1/s1. The highest BCUT2D eigenvalue weighted by molar-refractivity contribution is 6.03. The summed E-state index contributed by atoms with van der Waals surface area (Å²) in [6.45, 7) is 7.86. The zero-order valence-corrected chi connectivity index (χ0v) is 20.2. The number of aromatic nitrogens is 1. The van der Waals surface area contributed by atoms with E-state index in [0.29, 0.717) is 18.8 Å². The van der Waals surface area contributed by atoms with Crippen LogP contribution in [0.1, 0.15) is 81.0 Å². The van der Waals surface area contributed by atoms with Crippen LogP contribution in [0.4, 0.5) is 0 Å². The molecule has 33 heavy (non-hydrogen) atoms. The summed E-state index contributed by atoms with van der Waals surface area (Å²) in [5, 5.41) is 3.37. The Kier molecular flexibility index (Phi) is 6.25. The van der Waals surface area contributed by atoms with Crippen molar-refractivity contribution in [2.45, 2.75) is 89.8 Å². The zero-order chi connectivity index (χ0) is 23.0. The summed E-state index contributed by atoms with van der Waals surface area (Å²) < 4.78 is 7.82. The fourth-order valence-corrected chi connectivity index (χ4v) is 6.00. The van der Waals surface area contributed by atoms with Crippen LogP contribution in [0.5, 0.6) is 0 Å². The molecule has 2 aromatic heterocycles. The molecule has 4 heterocycles. The van der Waals surface area contributed by atoms with Crippen molar-refractivity contribution in [3.05, 3.63) is 23.6 Å². The number of hydrogen-bond donors (Lipinski definition) is 1. The van der Waals surface area contributed by atoms with Crippen molar-refractivity contribution in [2.24, 2.45) is 0 Å². The molecule has 7 nitrogen and oxygen atoms in total. The first-order valence-corrected chi connectivity index (χ1v) is 12.9. The lowest BCUT2D eigenvalue weighted by molar-refractivity contribution is -0.133. The normalized spacial score (nSPS) is 25.3. The number of amides is 2. The molecule has 7 heteroatoms. The van der Waals surface area contributed by atoms with Crippen molar-refractivity contribution < 1.29 is 14.0 Å². The van der Waals surface area contributed by atoms with Crippen molar-refractivity contribution in [3.63, 3.8) is 0 Å². The van der Waals surface area contributed by atoms with Crippen LogP contribution in [-0.2, 0) is 11.3 Å². The molecule has 1 saturated heterocycles. The van der Waals surface area contributed by atoms with E-state index in [4.69, 9.17) is 4.42 Å². The van der Waals surface area contributed by atoms with E-state index in [2.05, 4.69) is 10.2 Å². The van der Waals surface area contributed by atoms with Crippen molar-refractivity contribution in [3.8, 4) is 0 Å². The van der Waals surface area contributed by atoms with Crippen LogP contribution in [0.15, 0.2) is 16.5 Å². The molecule has 2 aromatic rings. The quantitative estimate of drug-likeness (QED) is 0.739. The van der Waals surface area contributed by atoms with Crippen LogP contribution < -0.4 is 5.32 Å². The van der Waals surface area contributed by atoms with Crippen LogP contribution in [0, 0.1) is 6.92 Å². The summed E-state index contributed by atoms with van der Waals surface area (Å²) in [5.41, 5.74) is 1.32. The van der Waals surface area contributed by atoms with E-state index in [9.17, 15) is 9.59 Å². The van der Waals surface area contributed by atoms with Crippen molar-refractivity contribution in [1.29, 1.82) is 0 Å². The van der Waals surface area contributed by atoms with Gasteiger partial charge >= 0.3 is 0 Å². The largest absolute Gasteiger partial charge is 0.460 e. The number of likely N-dealkylation sites (tertiary alicyclic amines) is 1. The van der Waals surface area contributed by atoms with E-state index in [-0.39, 0.29) is 17.9 Å². The van der Waals surface area contributed by atoms with Crippen LogP contribution in [-0.4, -0.2) is 63.9 Å². The Balaban J connectivity index is 1.43. The predicted molar refractivity (Wildman–Crippen MR) is 128 cm³/mol. The SMILES string of the molecule is Cc1cc2c(cc3n2C[C@](C)(C(=O)NC2CCCCCCC2)N(CCN2CCCC2)C3=O)o1. The van der Waals surface area contributed by atoms with Gasteiger partial charge in [-0.15, -0.1) is 0 Å². The van der Waals surface area contributed by atoms with Gasteiger partial charge < -0.3 is 24.1 Å². The molecule has 3 aliphatic rings. The second-order valence-electron chi connectivity index (χ2n) is 10.5. The average Bonchev–Trinajstić information content (AvgIpc) is 3.47. The number of fused-ring (bicyclic) bond motifs is 3. The summed E-state index contributed by atoms with van der Waals surface area (Å²) in [5.74, 6) is 0.732. The number of rotatable bonds is 5. The van der Waals surface area contributed by atoms with Gasteiger partial charge in [-0.25, -0.2) is 0 Å². The van der Waals surface area contributed by atoms with Crippen molar-refractivity contribution in [2.75, 3.05) is 26.2 Å². The molecule has 1 saturated carbocycles. The third-order valence-corrected chi connectivity index (χ3v) is 8.01. The van der Waals surface area contributed by atoms with Gasteiger partial charge in [-0.2, -0.15) is 0 Å². The van der Waals surface area contributed by atoms with Gasteiger partial charge in [-0.1, -0.05) is 32.1 Å². The second kappa shape index (κ2) is 9.16. The van der Waals surface area contributed by atoms with Crippen LogP contribution in [0.25, 0.3) is 11.1 Å². The molecule has 0 radical (unpaired) electrons. The third kappa shape index (κ3) is 4.32. The molecule has 0 unspecified atom stereocenters. The summed E-state index contributed by atoms with van der Waals surface area (Å²) >= 11 is 0. The lowest BCUT2D eigenvalue weighted by Crippen LogP contribution is -2.65. The van der Waals surface area contributed by atoms with Gasteiger partial charge in [-0.3, -0.25) is 9.59 Å². The van der Waals surface area contributed by atoms with E-state index in [1.807, 2.05) is 35.4 Å². The number of hydrogen-bond acceptors (Lipinski definition) is 4. The van der Waals surface area contributed by atoms with Gasteiger partial charge in [0.15, 0.2) is 5.58 Å². The van der Waals surface area contributed by atoms with E-state index in [1.165, 1.54) is 32.1 Å². The molecule has 2 amide bonds. The first kappa shape index (κ1) is 22.5. The molecule has 1 N–H and O–H groups in total. The highest BCUT2D eigenvalue weighted by Crippen LogP contribution is 2.34. The fourth-order valence-electron chi connectivity index (χ4n) is 6.00. The Morgan fingerprint density at radius 3 is 2.48 bits per heavy atom. The highest BCUT2D eigenvalue weighted by Gasteiger charge is 2.48. The van der Waals surface area contributed by atoms with E-state index >= 15 is 0 Å². The first-order chi connectivity index (χ1) is 16.0. The van der Waals surface area contributed by atoms with Crippen molar-refractivity contribution in [1.82, 2.24) is 19.7 Å².